The second-order valence-corrected chi connectivity index (χ2v) is 4.60. The Labute approximate surface area is 118 Å². The number of nitrogens with zero attached hydrogens (tertiary/aromatic N) is 3. The first-order valence-corrected chi connectivity index (χ1v) is 6.19. The van der Waals surface area contributed by atoms with Gasteiger partial charge in [-0.25, -0.2) is 0 Å². The molecule has 1 atom stereocenters. The molecule has 0 radical (unpaired) electrons. The molecule has 1 unspecified atom stereocenters. The normalized spacial score (nSPS) is 13.5. The molecule has 108 valence electrons. The van der Waals surface area contributed by atoms with E-state index in [0.717, 1.165) is 9.96 Å². The highest BCUT2D eigenvalue weighted by Crippen LogP contribution is 2.29. The lowest BCUT2D eigenvalue weighted by molar-refractivity contribution is -0.145. The Morgan fingerprint density at radius 1 is 0.952 bits per heavy atom. The number of fused-ring (bicyclic) bond motifs is 1. The molecular formula is C14H11F3N4. The predicted octanol–water partition coefficient (Wildman–Crippen LogP) is 2.80. The van der Waals surface area contributed by atoms with Gasteiger partial charge in [-0.2, -0.15) is 13.2 Å². The molecule has 0 saturated heterocycles. The van der Waals surface area contributed by atoms with Gasteiger partial charge in [-0.3, -0.25) is 4.40 Å². The first-order chi connectivity index (χ1) is 9.97. The first kappa shape index (κ1) is 13.6. The van der Waals surface area contributed by atoms with Crippen LogP contribution < -0.4 is 5.73 Å². The van der Waals surface area contributed by atoms with Crippen LogP contribution in [-0.4, -0.2) is 14.6 Å². The smallest absolute Gasteiger partial charge is 0.320 e. The van der Waals surface area contributed by atoms with E-state index in [9.17, 15) is 13.2 Å². The molecule has 1 aromatic carbocycles. The van der Waals surface area contributed by atoms with E-state index in [-0.39, 0.29) is 5.65 Å². The monoisotopic (exact) mass is 292 g/mol. The molecule has 2 heterocycles. The van der Waals surface area contributed by atoms with Crippen LogP contribution in [0, 0.1) is 0 Å². The van der Waals surface area contributed by atoms with Gasteiger partial charge >= 0.3 is 6.18 Å². The third-order valence-corrected chi connectivity index (χ3v) is 3.20. The number of rotatable bonds is 2. The van der Waals surface area contributed by atoms with E-state index in [1.807, 2.05) is 30.3 Å². The number of hydrogen-bond donors (Lipinski definition) is 1. The summed E-state index contributed by atoms with van der Waals surface area (Å²) in [6, 6.07) is 11.8. The van der Waals surface area contributed by atoms with Crippen molar-refractivity contribution in [2.75, 3.05) is 0 Å². The van der Waals surface area contributed by atoms with Crippen LogP contribution in [0.5, 0.6) is 0 Å². The predicted molar refractivity (Wildman–Crippen MR) is 70.5 cm³/mol. The molecule has 4 nitrogen and oxygen atoms in total. The fourth-order valence-electron chi connectivity index (χ4n) is 2.14. The zero-order chi connectivity index (χ0) is 15.0. The van der Waals surface area contributed by atoms with E-state index < -0.39 is 18.0 Å². The van der Waals surface area contributed by atoms with Gasteiger partial charge < -0.3 is 5.73 Å². The van der Waals surface area contributed by atoms with Crippen molar-refractivity contribution in [3.8, 4) is 0 Å². The number of aromatic nitrogens is 3. The fraction of sp³-hybridized carbons (Fsp3) is 0.143. The topological polar surface area (TPSA) is 56.2 Å². The van der Waals surface area contributed by atoms with Crippen molar-refractivity contribution in [2.45, 2.75) is 12.2 Å². The molecule has 0 aliphatic heterocycles. The van der Waals surface area contributed by atoms with Crippen molar-refractivity contribution in [3.63, 3.8) is 0 Å². The molecule has 0 aliphatic carbocycles. The van der Waals surface area contributed by atoms with Crippen molar-refractivity contribution in [1.82, 2.24) is 14.6 Å². The molecule has 0 aliphatic rings. The van der Waals surface area contributed by atoms with E-state index >= 15 is 0 Å². The number of halogens is 3. The minimum atomic E-state index is -4.56. The number of benzene rings is 1. The standard InChI is InChI=1S/C14H11F3N4/c15-14(16,17)13-20-19-11-7-6-10(8-21(11)13)12(18)9-4-2-1-3-5-9/h1-8,12H,18H2. The molecule has 2 aromatic heterocycles. The van der Waals surface area contributed by atoms with Gasteiger partial charge in [0.05, 0.1) is 6.04 Å². The van der Waals surface area contributed by atoms with Gasteiger partial charge in [0.2, 0.25) is 5.82 Å². The number of pyridine rings is 1. The Morgan fingerprint density at radius 2 is 1.67 bits per heavy atom. The van der Waals surface area contributed by atoms with Crippen LogP contribution in [0.3, 0.4) is 0 Å². The van der Waals surface area contributed by atoms with E-state index in [2.05, 4.69) is 10.2 Å². The minimum absolute atomic E-state index is 0.131. The molecule has 3 aromatic rings. The van der Waals surface area contributed by atoms with E-state index in [1.165, 1.54) is 12.3 Å². The number of nitrogens with two attached hydrogens (primary N) is 1. The molecule has 0 bridgehead atoms. The molecule has 3 rings (SSSR count). The summed E-state index contributed by atoms with van der Waals surface area (Å²) in [5.41, 5.74) is 7.60. The molecule has 7 heteroatoms. The van der Waals surface area contributed by atoms with Crippen molar-refractivity contribution < 1.29 is 13.2 Å². The van der Waals surface area contributed by atoms with Crippen LogP contribution in [0.1, 0.15) is 23.0 Å². The first-order valence-electron chi connectivity index (χ1n) is 6.19. The lowest BCUT2D eigenvalue weighted by Crippen LogP contribution is -2.14. The lowest BCUT2D eigenvalue weighted by atomic mass is 10.0. The van der Waals surface area contributed by atoms with Crippen LogP contribution in [0.25, 0.3) is 5.65 Å². The summed E-state index contributed by atoms with van der Waals surface area (Å²) < 4.78 is 39.5. The summed E-state index contributed by atoms with van der Waals surface area (Å²) in [5, 5.41) is 6.70. The average molecular weight is 292 g/mol. The highest BCUT2D eigenvalue weighted by Gasteiger charge is 2.37. The molecular weight excluding hydrogens is 281 g/mol. The number of alkyl halides is 3. The van der Waals surface area contributed by atoms with Gasteiger partial charge in [0.1, 0.15) is 0 Å². The molecule has 0 spiro atoms. The maximum atomic E-state index is 12.9. The van der Waals surface area contributed by atoms with Crippen LogP contribution in [0.2, 0.25) is 0 Å². The summed E-state index contributed by atoms with van der Waals surface area (Å²) in [7, 11) is 0. The summed E-state index contributed by atoms with van der Waals surface area (Å²) in [5.74, 6) is -1.06. The molecule has 0 fully saturated rings. The highest BCUT2D eigenvalue weighted by molar-refractivity contribution is 5.42. The largest absolute Gasteiger partial charge is 0.452 e. The van der Waals surface area contributed by atoms with Crippen molar-refractivity contribution >= 4 is 5.65 Å². The third kappa shape index (κ3) is 2.47. The van der Waals surface area contributed by atoms with Crippen molar-refractivity contribution in [1.29, 1.82) is 0 Å². The Morgan fingerprint density at radius 3 is 2.33 bits per heavy atom. The van der Waals surface area contributed by atoms with Gasteiger partial charge in [-0.1, -0.05) is 36.4 Å². The Kier molecular flexibility index (Phi) is 3.13. The quantitative estimate of drug-likeness (QED) is 0.790. The highest BCUT2D eigenvalue weighted by atomic mass is 19.4. The maximum absolute atomic E-state index is 12.9. The lowest BCUT2D eigenvalue weighted by Gasteiger charge is -2.13. The van der Waals surface area contributed by atoms with E-state index in [0.29, 0.717) is 5.56 Å². The Hall–Kier alpha value is -2.41. The zero-order valence-corrected chi connectivity index (χ0v) is 10.7. The molecule has 2 N–H and O–H groups in total. The molecule has 0 saturated carbocycles. The van der Waals surface area contributed by atoms with Crippen LogP contribution in [0.4, 0.5) is 13.2 Å². The third-order valence-electron chi connectivity index (χ3n) is 3.20. The van der Waals surface area contributed by atoms with Gasteiger partial charge in [0, 0.05) is 6.20 Å². The average Bonchev–Trinajstić information content (AvgIpc) is 2.90. The SMILES string of the molecule is NC(c1ccccc1)c1ccc2nnc(C(F)(F)F)n2c1. The summed E-state index contributed by atoms with van der Waals surface area (Å²) in [6.45, 7) is 0. The maximum Gasteiger partial charge on any atom is 0.452 e. The van der Waals surface area contributed by atoms with Gasteiger partial charge in [0.15, 0.2) is 5.65 Å². The summed E-state index contributed by atoms with van der Waals surface area (Å²) >= 11 is 0. The summed E-state index contributed by atoms with van der Waals surface area (Å²) in [4.78, 5) is 0. The van der Waals surface area contributed by atoms with E-state index in [1.54, 1.807) is 6.07 Å². The van der Waals surface area contributed by atoms with Crippen LogP contribution >= 0.6 is 0 Å². The number of hydrogen-bond acceptors (Lipinski definition) is 3. The molecule has 0 amide bonds. The molecule has 21 heavy (non-hydrogen) atoms. The Bertz CT molecular complexity index is 765. The van der Waals surface area contributed by atoms with Crippen LogP contribution in [-0.2, 0) is 6.18 Å². The van der Waals surface area contributed by atoms with Gasteiger partial charge in [-0.15, -0.1) is 10.2 Å². The second kappa shape index (κ2) is 4.85. The van der Waals surface area contributed by atoms with Gasteiger partial charge in [0.25, 0.3) is 0 Å². The fourth-order valence-corrected chi connectivity index (χ4v) is 2.14. The van der Waals surface area contributed by atoms with E-state index in [4.69, 9.17) is 5.73 Å². The summed E-state index contributed by atoms with van der Waals surface area (Å²) in [6.07, 6.45) is -3.23. The zero-order valence-electron chi connectivity index (χ0n) is 10.7. The second-order valence-electron chi connectivity index (χ2n) is 4.60. The van der Waals surface area contributed by atoms with Crippen LogP contribution in [0.15, 0.2) is 48.7 Å². The Balaban J connectivity index is 2.08. The minimum Gasteiger partial charge on any atom is -0.320 e. The van der Waals surface area contributed by atoms with Gasteiger partial charge in [-0.05, 0) is 17.2 Å². The van der Waals surface area contributed by atoms with Crippen molar-refractivity contribution in [2.24, 2.45) is 5.73 Å². The van der Waals surface area contributed by atoms with Crippen molar-refractivity contribution in [3.05, 3.63) is 65.6 Å².